The zero-order valence-corrected chi connectivity index (χ0v) is 15.1. The molecule has 0 saturated carbocycles. The molecule has 1 aliphatic rings. The summed E-state index contributed by atoms with van der Waals surface area (Å²) < 4.78 is 10.8. The molecule has 3 aromatic rings. The molecule has 0 spiro atoms. The minimum Gasteiger partial charge on any atom is -0.502 e. The summed E-state index contributed by atoms with van der Waals surface area (Å²) >= 11 is 0. The van der Waals surface area contributed by atoms with Gasteiger partial charge in [-0.1, -0.05) is 0 Å². The van der Waals surface area contributed by atoms with Crippen LogP contribution >= 0.6 is 0 Å². The van der Waals surface area contributed by atoms with Crippen LogP contribution in [0.3, 0.4) is 0 Å². The van der Waals surface area contributed by atoms with Gasteiger partial charge in [-0.2, -0.15) is 0 Å². The molecule has 0 aliphatic carbocycles. The van der Waals surface area contributed by atoms with Crippen molar-refractivity contribution in [2.45, 2.75) is 19.3 Å². The first-order valence-electron chi connectivity index (χ1n) is 9.01. The van der Waals surface area contributed by atoms with Crippen molar-refractivity contribution < 1.29 is 19.4 Å². The van der Waals surface area contributed by atoms with Gasteiger partial charge in [0.2, 0.25) is 16.9 Å². The molecule has 1 fully saturated rings. The molecule has 0 bridgehead atoms. The number of fused-ring (bicyclic) bond motifs is 1. The summed E-state index contributed by atoms with van der Waals surface area (Å²) in [7, 11) is 1.42. The first-order valence-corrected chi connectivity index (χ1v) is 9.01. The summed E-state index contributed by atoms with van der Waals surface area (Å²) in [5.74, 6) is -0.514. The number of benzene rings is 2. The number of phenols is 1. The van der Waals surface area contributed by atoms with Crippen LogP contribution in [0.5, 0.6) is 17.2 Å². The van der Waals surface area contributed by atoms with Crippen molar-refractivity contribution in [3.8, 4) is 28.6 Å². The highest BCUT2D eigenvalue weighted by atomic mass is 16.5. The molecule has 0 radical (unpaired) electrons. The molecule has 1 aromatic heterocycles. The molecule has 4 rings (SSSR count). The maximum atomic E-state index is 12.5. The molecule has 2 N–H and O–H groups in total. The van der Waals surface area contributed by atoms with Gasteiger partial charge < -0.3 is 24.3 Å². The summed E-state index contributed by atoms with van der Waals surface area (Å²) in [5.41, 5.74) is 1.07. The average molecular weight is 367 g/mol. The van der Waals surface area contributed by atoms with Gasteiger partial charge in [-0.3, -0.25) is 4.79 Å². The topological polar surface area (TPSA) is 83.1 Å². The van der Waals surface area contributed by atoms with Crippen LogP contribution in [0, 0.1) is 0 Å². The Hall–Kier alpha value is -3.15. The summed E-state index contributed by atoms with van der Waals surface area (Å²) in [4.78, 5) is 14.8. The number of aromatic hydroxyl groups is 2. The third-order valence-electron chi connectivity index (χ3n) is 5.04. The normalized spacial score (nSPS) is 14.5. The van der Waals surface area contributed by atoms with Crippen LogP contribution in [0.2, 0.25) is 0 Å². The molecule has 2 heterocycles. The molecule has 27 heavy (non-hydrogen) atoms. The van der Waals surface area contributed by atoms with E-state index < -0.39 is 11.2 Å². The van der Waals surface area contributed by atoms with E-state index >= 15 is 0 Å². The van der Waals surface area contributed by atoms with E-state index in [1.54, 1.807) is 0 Å². The van der Waals surface area contributed by atoms with Crippen molar-refractivity contribution >= 4 is 16.7 Å². The number of hydrogen-bond acceptors (Lipinski definition) is 6. The smallest absolute Gasteiger partial charge is 0.235 e. The van der Waals surface area contributed by atoms with Crippen molar-refractivity contribution in [2.24, 2.45) is 0 Å². The van der Waals surface area contributed by atoms with Crippen molar-refractivity contribution in [3.05, 3.63) is 46.6 Å². The fourth-order valence-corrected chi connectivity index (χ4v) is 3.55. The molecule has 1 aliphatic heterocycles. The van der Waals surface area contributed by atoms with Crippen molar-refractivity contribution in [1.29, 1.82) is 0 Å². The maximum absolute atomic E-state index is 12.5. The molecule has 0 unspecified atom stereocenters. The van der Waals surface area contributed by atoms with E-state index in [9.17, 15) is 15.0 Å². The van der Waals surface area contributed by atoms with Gasteiger partial charge in [0.1, 0.15) is 0 Å². The van der Waals surface area contributed by atoms with E-state index in [0.29, 0.717) is 5.56 Å². The van der Waals surface area contributed by atoms with Crippen LogP contribution in [-0.4, -0.2) is 30.4 Å². The standard InChI is InChI=1S/C21H21NO5/c1-26-16-10-9-15-17(23)19(25)20(27-21(15)18(16)24)13-5-7-14(8-6-13)22-11-3-2-4-12-22/h5-10,24-25H,2-4,11-12H2,1H3. The lowest BCUT2D eigenvalue weighted by Gasteiger charge is -2.28. The summed E-state index contributed by atoms with van der Waals surface area (Å²) in [6.07, 6.45) is 3.63. The molecule has 0 atom stereocenters. The lowest BCUT2D eigenvalue weighted by Crippen LogP contribution is -2.29. The summed E-state index contributed by atoms with van der Waals surface area (Å²) in [6, 6.07) is 10.4. The highest BCUT2D eigenvalue weighted by Gasteiger charge is 2.20. The molecule has 1 saturated heterocycles. The zero-order chi connectivity index (χ0) is 19.0. The number of rotatable bonds is 3. The number of phenolic OH excluding ortho intramolecular Hbond substituents is 1. The first-order chi connectivity index (χ1) is 13.1. The third kappa shape index (κ3) is 2.97. The molecular formula is C21H21NO5. The predicted octanol–water partition coefficient (Wildman–Crippen LogP) is 3.87. The van der Waals surface area contributed by atoms with Crippen molar-refractivity contribution in [2.75, 3.05) is 25.1 Å². The quantitative estimate of drug-likeness (QED) is 0.731. The second-order valence-electron chi connectivity index (χ2n) is 6.70. The van der Waals surface area contributed by atoms with E-state index in [-0.39, 0.29) is 28.2 Å². The van der Waals surface area contributed by atoms with Gasteiger partial charge in [-0.25, -0.2) is 0 Å². The minimum atomic E-state index is -0.593. The number of hydrogen-bond donors (Lipinski definition) is 2. The highest BCUT2D eigenvalue weighted by molar-refractivity contribution is 5.88. The molecule has 0 amide bonds. The fraction of sp³-hybridized carbons (Fsp3) is 0.286. The second kappa shape index (κ2) is 6.87. The second-order valence-corrected chi connectivity index (χ2v) is 6.70. The van der Waals surface area contributed by atoms with Crippen molar-refractivity contribution in [3.63, 3.8) is 0 Å². The van der Waals surface area contributed by atoms with E-state index in [1.165, 1.54) is 38.5 Å². The Morgan fingerprint density at radius 1 is 0.963 bits per heavy atom. The van der Waals surface area contributed by atoms with E-state index in [4.69, 9.17) is 9.15 Å². The van der Waals surface area contributed by atoms with E-state index in [2.05, 4.69) is 4.90 Å². The predicted molar refractivity (Wildman–Crippen MR) is 104 cm³/mol. The Bertz CT molecular complexity index is 1030. The number of ether oxygens (including phenoxy) is 1. The summed E-state index contributed by atoms with van der Waals surface area (Å²) in [6.45, 7) is 2.06. The Balaban J connectivity index is 1.80. The van der Waals surface area contributed by atoms with Crippen LogP contribution in [0.15, 0.2) is 45.6 Å². The van der Waals surface area contributed by atoms with Crippen LogP contribution in [-0.2, 0) is 0 Å². The maximum Gasteiger partial charge on any atom is 0.235 e. The number of nitrogens with zero attached hydrogens (tertiary/aromatic N) is 1. The summed E-state index contributed by atoms with van der Waals surface area (Å²) in [5, 5.41) is 20.8. The van der Waals surface area contributed by atoms with Gasteiger partial charge in [-0.05, 0) is 55.7 Å². The number of anilines is 1. The molecular weight excluding hydrogens is 346 g/mol. The van der Waals surface area contributed by atoms with Crippen LogP contribution < -0.4 is 15.1 Å². The fourth-order valence-electron chi connectivity index (χ4n) is 3.55. The Labute approximate surface area is 156 Å². The lowest BCUT2D eigenvalue weighted by molar-refractivity contribution is 0.370. The van der Waals surface area contributed by atoms with Gasteiger partial charge in [0.15, 0.2) is 17.1 Å². The SMILES string of the molecule is COc1ccc2c(=O)c(O)c(-c3ccc(N4CCCCC4)cc3)oc2c1O. The van der Waals surface area contributed by atoms with Crippen LogP contribution in [0.25, 0.3) is 22.3 Å². The average Bonchev–Trinajstić information content (AvgIpc) is 2.72. The van der Waals surface area contributed by atoms with Crippen molar-refractivity contribution in [1.82, 2.24) is 0 Å². The number of piperidine rings is 1. The monoisotopic (exact) mass is 367 g/mol. The van der Waals surface area contributed by atoms with E-state index in [1.807, 2.05) is 24.3 Å². The Morgan fingerprint density at radius 3 is 2.33 bits per heavy atom. The molecule has 6 nitrogen and oxygen atoms in total. The van der Waals surface area contributed by atoms with Gasteiger partial charge in [-0.15, -0.1) is 0 Å². The van der Waals surface area contributed by atoms with Crippen LogP contribution in [0.4, 0.5) is 5.69 Å². The zero-order valence-electron chi connectivity index (χ0n) is 15.1. The Morgan fingerprint density at radius 2 is 1.67 bits per heavy atom. The Kier molecular flexibility index (Phi) is 4.39. The van der Waals surface area contributed by atoms with Gasteiger partial charge in [0, 0.05) is 24.3 Å². The first kappa shape index (κ1) is 17.3. The largest absolute Gasteiger partial charge is 0.502 e. The van der Waals surface area contributed by atoms with Crippen LogP contribution in [0.1, 0.15) is 19.3 Å². The lowest BCUT2D eigenvalue weighted by atomic mass is 10.1. The van der Waals surface area contributed by atoms with E-state index in [0.717, 1.165) is 18.8 Å². The van der Waals surface area contributed by atoms with Gasteiger partial charge in [0.05, 0.1) is 12.5 Å². The molecule has 140 valence electrons. The number of methoxy groups -OCH3 is 1. The highest BCUT2D eigenvalue weighted by Crippen LogP contribution is 2.38. The minimum absolute atomic E-state index is 0.00717. The molecule has 2 aromatic carbocycles. The third-order valence-corrected chi connectivity index (χ3v) is 5.04. The van der Waals surface area contributed by atoms with Gasteiger partial charge >= 0.3 is 0 Å². The molecule has 6 heteroatoms. The van der Waals surface area contributed by atoms with Gasteiger partial charge in [0.25, 0.3) is 0 Å².